The summed E-state index contributed by atoms with van der Waals surface area (Å²) in [7, 11) is -3.22. The Kier molecular flexibility index (Phi) is 12.5. The van der Waals surface area contributed by atoms with Gasteiger partial charge in [0.05, 0.1) is 12.9 Å². The molecular formula is C16H25BrClNO3S. The van der Waals surface area contributed by atoms with Gasteiger partial charge in [-0.25, -0.2) is 8.42 Å². The maximum Gasteiger partial charge on any atom is 0.229 e. The summed E-state index contributed by atoms with van der Waals surface area (Å²) in [6.45, 7) is 1.39. The molecule has 7 heteroatoms. The number of alkyl halides is 1. The third kappa shape index (κ3) is 12.5. The Labute approximate surface area is 154 Å². The van der Waals surface area contributed by atoms with Gasteiger partial charge in [-0.15, -0.1) is 12.4 Å². The largest absolute Gasteiger partial charge is 0.377 e. The Morgan fingerprint density at radius 3 is 2.39 bits per heavy atom. The van der Waals surface area contributed by atoms with Crippen LogP contribution in [0.4, 0.5) is 5.69 Å². The van der Waals surface area contributed by atoms with E-state index in [4.69, 9.17) is 4.74 Å². The molecule has 0 spiro atoms. The molecule has 1 rings (SSSR count). The summed E-state index contributed by atoms with van der Waals surface area (Å²) in [4.78, 5) is 0. The van der Waals surface area contributed by atoms with Crippen molar-refractivity contribution >= 4 is 50.1 Å². The molecule has 0 unspecified atom stereocenters. The number of anilines is 1. The van der Waals surface area contributed by atoms with Crippen molar-refractivity contribution in [3.05, 3.63) is 35.9 Å². The molecule has 1 aromatic rings. The first-order valence-corrected chi connectivity index (χ1v) is 10.4. The lowest BCUT2D eigenvalue weighted by molar-refractivity contribution is 0.157. The lowest BCUT2D eigenvalue weighted by Crippen LogP contribution is -2.09. The average molecular weight is 427 g/mol. The van der Waals surface area contributed by atoms with Gasteiger partial charge in [-0.05, 0) is 30.5 Å². The van der Waals surface area contributed by atoms with E-state index < -0.39 is 10.0 Å². The highest BCUT2D eigenvalue weighted by Crippen LogP contribution is 2.12. The minimum atomic E-state index is -3.22. The van der Waals surface area contributed by atoms with Gasteiger partial charge in [0.25, 0.3) is 0 Å². The molecule has 132 valence electrons. The zero-order valence-electron chi connectivity index (χ0n) is 13.3. The first-order chi connectivity index (χ1) is 10.5. The molecule has 0 aromatic heterocycles. The number of rotatable bonds is 11. The topological polar surface area (TPSA) is 55.4 Å². The first-order valence-electron chi connectivity index (χ1n) is 7.39. The number of nitrogens with one attached hydrogen (secondary N) is 1. The number of unbranched alkanes of at least 4 members (excludes halogenated alkanes) is 3. The third-order valence-electron chi connectivity index (χ3n) is 2.91. The van der Waals surface area contributed by atoms with Gasteiger partial charge < -0.3 is 4.74 Å². The van der Waals surface area contributed by atoms with Gasteiger partial charge >= 0.3 is 0 Å². The van der Waals surface area contributed by atoms with Crippen LogP contribution in [0.2, 0.25) is 0 Å². The third-order valence-corrected chi connectivity index (χ3v) is 4.08. The lowest BCUT2D eigenvalue weighted by Gasteiger charge is -2.03. The molecule has 0 bridgehead atoms. The Morgan fingerprint density at radius 2 is 1.78 bits per heavy atom. The molecule has 0 saturated heterocycles. The molecule has 0 heterocycles. The van der Waals surface area contributed by atoms with Crippen molar-refractivity contribution in [1.29, 1.82) is 0 Å². The SMILES string of the molecule is CS(=O)(=O)Nc1ccc(C=CCOCCCCCCBr)cc1.Cl. The van der Waals surface area contributed by atoms with Gasteiger partial charge in [-0.1, -0.05) is 53.1 Å². The second kappa shape index (κ2) is 12.8. The smallest absolute Gasteiger partial charge is 0.229 e. The fourth-order valence-electron chi connectivity index (χ4n) is 1.86. The van der Waals surface area contributed by atoms with Gasteiger partial charge in [0.1, 0.15) is 0 Å². The summed E-state index contributed by atoms with van der Waals surface area (Å²) in [5.74, 6) is 0. The van der Waals surface area contributed by atoms with Crippen molar-refractivity contribution in [2.45, 2.75) is 25.7 Å². The van der Waals surface area contributed by atoms with Gasteiger partial charge in [-0.3, -0.25) is 4.72 Å². The van der Waals surface area contributed by atoms with Gasteiger partial charge in [0.15, 0.2) is 0 Å². The van der Waals surface area contributed by atoms with E-state index in [-0.39, 0.29) is 12.4 Å². The molecule has 0 radical (unpaired) electrons. The molecule has 1 N–H and O–H groups in total. The van der Waals surface area contributed by atoms with Gasteiger partial charge in [0, 0.05) is 17.6 Å². The molecule has 4 nitrogen and oxygen atoms in total. The molecule has 0 saturated carbocycles. The van der Waals surface area contributed by atoms with E-state index in [1.165, 1.54) is 19.3 Å². The molecule has 0 amide bonds. The van der Waals surface area contributed by atoms with Crippen LogP contribution < -0.4 is 4.72 Å². The monoisotopic (exact) mass is 425 g/mol. The van der Waals surface area contributed by atoms with Crippen LogP contribution in [-0.4, -0.2) is 33.2 Å². The maximum atomic E-state index is 11.1. The maximum absolute atomic E-state index is 11.1. The number of hydrogen-bond donors (Lipinski definition) is 1. The van der Waals surface area contributed by atoms with Crippen molar-refractivity contribution in [2.75, 3.05) is 29.5 Å². The molecule has 23 heavy (non-hydrogen) atoms. The van der Waals surface area contributed by atoms with Gasteiger partial charge in [0.2, 0.25) is 10.0 Å². The first kappa shape index (κ1) is 22.4. The highest BCUT2D eigenvalue weighted by molar-refractivity contribution is 9.09. The Hall–Kier alpha value is -0.560. The van der Waals surface area contributed by atoms with Crippen LogP contribution in [0.1, 0.15) is 31.2 Å². The molecule has 1 aromatic carbocycles. The van der Waals surface area contributed by atoms with E-state index in [1.807, 2.05) is 24.3 Å². The summed E-state index contributed by atoms with van der Waals surface area (Å²) in [5, 5.41) is 1.08. The van der Waals surface area contributed by atoms with E-state index in [0.29, 0.717) is 12.3 Å². The normalized spacial score (nSPS) is 11.4. The molecule has 0 fully saturated rings. The fraction of sp³-hybridized carbons (Fsp3) is 0.500. The Bertz CT molecular complexity index is 547. The van der Waals surface area contributed by atoms with Crippen LogP contribution >= 0.6 is 28.3 Å². The number of hydrogen-bond acceptors (Lipinski definition) is 3. The van der Waals surface area contributed by atoms with Crippen LogP contribution in [0.15, 0.2) is 30.3 Å². The number of halogens is 2. The zero-order chi connectivity index (χ0) is 16.3. The fourth-order valence-corrected chi connectivity index (χ4v) is 2.82. The highest BCUT2D eigenvalue weighted by atomic mass is 79.9. The van der Waals surface area contributed by atoms with Crippen molar-refractivity contribution < 1.29 is 13.2 Å². The molecule has 0 aliphatic rings. The van der Waals surface area contributed by atoms with Crippen LogP contribution in [0, 0.1) is 0 Å². The summed E-state index contributed by atoms with van der Waals surface area (Å²) in [6.07, 6.45) is 9.86. The van der Waals surface area contributed by atoms with Crippen LogP contribution in [0.25, 0.3) is 6.08 Å². The Morgan fingerprint density at radius 1 is 1.13 bits per heavy atom. The number of benzene rings is 1. The second-order valence-corrected chi connectivity index (χ2v) is 7.62. The van der Waals surface area contributed by atoms with Crippen molar-refractivity contribution in [2.24, 2.45) is 0 Å². The van der Waals surface area contributed by atoms with Crippen LogP contribution in [0.5, 0.6) is 0 Å². The Balaban J connectivity index is 0.00000484. The quantitative estimate of drug-likeness (QED) is 0.420. The standard InChI is InChI=1S/C16H24BrNO3S.ClH/c1-22(19,20)18-16-10-8-15(9-11-16)7-6-14-21-13-5-3-2-4-12-17;/h6-11,18H,2-5,12-14H2,1H3;1H. The molecule has 0 aliphatic carbocycles. The lowest BCUT2D eigenvalue weighted by atomic mass is 10.2. The highest BCUT2D eigenvalue weighted by Gasteiger charge is 2.00. The van der Waals surface area contributed by atoms with Crippen LogP contribution in [0.3, 0.4) is 0 Å². The second-order valence-electron chi connectivity index (χ2n) is 5.08. The van der Waals surface area contributed by atoms with E-state index in [1.54, 1.807) is 12.1 Å². The molecular weight excluding hydrogens is 402 g/mol. The zero-order valence-corrected chi connectivity index (χ0v) is 16.6. The van der Waals surface area contributed by atoms with Crippen LogP contribution in [-0.2, 0) is 14.8 Å². The van der Waals surface area contributed by atoms with Crippen molar-refractivity contribution in [1.82, 2.24) is 0 Å². The predicted molar refractivity (Wildman–Crippen MR) is 104 cm³/mol. The van der Waals surface area contributed by atoms with E-state index in [2.05, 4.69) is 20.7 Å². The number of ether oxygens (including phenoxy) is 1. The van der Waals surface area contributed by atoms with E-state index >= 15 is 0 Å². The molecule has 0 atom stereocenters. The van der Waals surface area contributed by atoms with Crippen molar-refractivity contribution in [3.8, 4) is 0 Å². The number of sulfonamides is 1. The minimum absolute atomic E-state index is 0. The summed E-state index contributed by atoms with van der Waals surface area (Å²) < 4.78 is 30.2. The van der Waals surface area contributed by atoms with E-state index in [9.17, 15) is 8.42 Å². The minimum Gasteiger partial charge on any atom is -0.377 e. The van der Waals surface area contributed by atoms with E-state index in [0.717, 1.165) is 30.2 Å². The summed E-state index contributed by atoms with van der Waals surface area (Å²) in [5.41, 5.74) is 1.58. The van der Waals surface area contributed by atoms with Gasteiger partial charge in [-0.2, -0.15) is 0 Å². The average Bonchev–Trinajstić information content (AvgIpc) is 2.46. The molecule has 0 aliphatic heterocycles. The summed E-state index contributed by atoms with van der Waals surface area (Å²) in [6, 6.07) is 7.21. The van der Waals surface area contributed by atoms with Crippen molar-refractivity contribution in [3.63, 3.8) is 0 Å². The predicted octanol–water partition coefficient (Wildman–Crippen LogP) is 4.47. The summed E-state index contributed by atoms with van der Waals surface area (Å²) >= 11 is 3.42.